The third-order valence-electron chi connectivity index (χ3n) is 1.82. The predicted molar refractivity (Wildman–Crippen MR) is 43.7 cm³/mol. The molecule has 0 aliphatic rings. The van der Waals surface area contributed by atoms with Gasteiger partial charge in [-0.05, 0) is 12.2 Å². The highest BCUT2D eigenvalue weighted by molar-refractivity contribution is 6.41. The smallest absolute Gasteiger partial charge is 0.427 e. The molecule has 2 N–H and O–H groups in total. The molecule has 0 aromatic carbocycles. The zero-order valence-electron chi connectivity index (χ0n) is 6.88. The Bertz CT molecular complexity index is 76.0. The van der Waals surface area contributed by atoms with E-state index in [1.165, 1.54) is 0 Å². The summed E-state index contributed by atoms with van der Waals surface area (Å²) in [6.07, 6.45) is 3.81. The van der Waals surface area contributed by atoms with Crippen molar-refractivity contribution < 1.29 is 10.0 Å². The molecule has 0 saturated heterocycles. The Kier molecular flexibility index (Phi) is 5.74. The van der Waals surface area contributed by atoms with E-state index in [2.05, 4.69) is 13.8 Å². The van der Waals surface area contributed by atoms with Crippen LogP contribution >= 0.6 is 0 Å². The highest BCUT2D eigenvalue weighted by Crippen LogP contribution is 2.15. The van der Waals surface area contributed by atoms with Gasteiger partial charge in [0.25, 0.3) is 0 Å². The molecule has 0 aromatic rings. The fraction of sp³-hybridized carbons (Fsp3) is 1.00. The Labute approximate surface area is 63.4 Å². The van der Waals surface area contributed by atoms with Crippen molar-refractivity contribution in [2.75, 3.05) is 0 Å². The molecule has 0 fully saturated rings. The van der Waals surface area contributed by atoms with E-state index in [0.29, 0.717) is 12.2 Å². The summed E-state index contributed by atoms with van der Waals surface area (Å²) in [7, 11) is -1.11. The van der Waals surface area contributed by atoms with E-state index < -0.39 is 7.12 Å². The molecular weight excluding hydrogens is 127 g/mol. The molecule has 2 nitrogen and oxygen atoms in total. The van der Waals surface area contributed by atoms with Crippen LogP contribution in [-0.4, -0.2) is 17.2 Å². The van der Waals surface area contributed by atoms with Gasteiger partial charge in [-0.25, -0.2) is 0 Å². The van der Waals surface area contributed by atoms with E-state index in [4.69, 9.17) is 10.0 Å². The van der Waals surface area contributed by atoms with Gasteiger partial charge in [-0.1, -0.05) is 33.1 Å². The lowest BCUT2D eigenvalue weighted by molar-refractivity contribution is 0.375. The molecule has 0 aliphatic heterocycles. The van der Waals surface area contributed by atoms with Crippen molar-refractivity contribution >= 4 is 7.12 Å². The van der Waals surface area contributed by atoms with Crippen molar-refractivity contribution in [2.24, 2.45) is 5.92 Å². The Morgan fingerprint density at radius 2 is 1.90 bits per heavy atom. The second-order valence-electron chi connectivity index (χ2n) is 2.78. The van der Waals surface area contributed by atoms with Crippen LogP contribution in [-0.2, 0) is 0 Å². The highest BCUT2D eigenvalue weighted by atomic mass is 16.4. The molecule has 0 spiro atoms. The van der Waals surface area contributed by atoms with E-state index in [9.17, 15) is 0 Å². The van der Waals surface area contributed by atoms with E-state index in [-0.39, 0.29) is 0 Å². The van der Waals surface area contributed by atoms with Crippen LogP contribution in [0.15, 0.2) is 0 Å². The van der Waals surface area contributed by atoms with Gasteiger partial charge in [0.15, 0.2) is 0 Å². The zero-order chi connectivity index (χ0) is 7.98. The van der Waals surface area contributed by atoms with Gasteiger partial charge in [0.1, 0.15) is 0 Å². The van der Waals surface area contributed by atoms with Gasteiger partial charge in [-0.2, -0.15) is 0 Å². The van der Waals surface area contributed by atoms with Gasteiger partial charge >= 0.3 is 7.12 Å². The van der Waals surface area contributed by atoms with Crippen molar-refractivity contribution in [1.29, 1.82) is 0 Å². The Balaban J connectivity index is 3.39. The minimum absolute atomic E-state index is 0.491. The fourth-order valence-electron chi connectivity index (χ4n) is 1.20. The Hall–Kier alpha value is -0.0151. The number of rotatable bonds is 5. The van der Waals surface area contributed by atoms with E-state index in [1.54, 1.807) is 0 Å². The highest BCUT2D eigenvalue weighted by Gasteiger charge is 2.13. The Morgan fingerprint density at radius 3 is 2.20 bits per heavy atom. The average molecular weight is 144 g/mol. The molecule has 1 unspecified atom stereocenters. The maximum absolute atomic E-state index is 8.64. The third-order valence-corrected chi connectivity index (χ3v) is 1.82. The lowest BCUT2D eigenvalue weighted by atomic mass is 9.76. The van der Waals surface area contributed by atoms with Gasteiger partial charge in [0, 0.05) is 0 Å². The quantitative estimate of drug-likeness (QED) is 0.570. The summed E-state index contributed by atoms with van der Waals surface area (Å²) in [5.74, 6) is 0.491. The summed E-state index contributed by atoms with van der Waals surface area (Å²) in [6, 6.07) is 0. The molecule has 60 valence electrons. The summed E-state index contributed by atoms with van der Waals surface area (Å²) >= 11 is 0. The molecule has 1 atom stereocenters. The van der Waals surface area contributed by atoms with Gasteiger partial charge in [-0.15, -0.1) is 0 Å². The molecule has 10 heavy (non-hydrogen) atoms. The maximum Gasteiger partial charge on any atom is 0.451 e. The van der Waals surface area contributed by atoms with Gasteiger partial charge < -0.3 is 10.0 Å². The molecule has 0 heterocycles. The first-order valence-corrected chi connectivity index (χ1v) is 4.06. The van der Waals surface area contributed by atoms with Crippen LogP contribution in [0.5, 0.6) is 0 Å². The molecule has 3 heteroatoms. The standard InChI is InChI=1S/C7H17BO2/c1-3-5-7(4-2)6-8(9)10/h7,9-10H,3-6H2,1-2H3. The average Bonchev–Trinajstić information content (AvgIpc) is 1.86. The molecule has 0 radical (unpaired) electrons. The van der Waals surface area contributed by atoms with Crippen LogP contribution in [0, 0.1) is 5.92 Å². The van der Waals surface area contributed by atoms with Crippen molar-refractivity contribution in [3.05, 3.63) is 0 Å². The van der Waals surface area contributed by atoms with Crippen molar-refractivity contribution in [2.45, 2.75) is 39.4 Å². The number of hydrogen-bond donors (Lipinski definition) is 2. The summed E-state index contributed by atoms with van der Waals surface area (Å²) in [5, 5.41) is 17.3. The van der Waals surface area contributed by atoms with Crippen LogP contribution < -0.4 is 0 Å². The predicted octanol–water partition coefficient (Wildman–Crippen LogP) is 1.29. The monoisotopic (exact) mass is 144 g/mol. The lowest BCUT2D eigenvalue weighted by Crippen LogP contribution is -2.15. The van der Waals surface area contributed by atoms with E-state index in [0.717, 1.165) is 19.3 Å². The van der Waals surface area contributed by atoms with Crippen LogP contribution in [0.25, 0.3) is 0 Å². The molecule has 0 saturated carbocycles. The maximum atomic E-state index is 8.64. The van der Waals surface area contributed by atoms with E-state index >= 15 is 0 Å². The second-order valence-corrected chi connectivity index (χ2v) is 2.78. The molecule has 0 aliphatic carbocycles. The van der Waals surface area contributed by atoms with E-state index in [1.807, 2.05) is 0 Å². The number of hydrogen-bond acceptors (Lipinski definition) is 2. The largest absolute Gasteiger partial charge is 0.451 e. The summed E-state index contributed by atoms with van der Waals surface area (Å²) < 4.78 is 0. The topological polar surface area (TPSA) is 40.5 Å². The van der Waals surface area contributed by atoms with Gasteiger partial charge in [0.2, 0.25) is 0 Å². The van der Waals surface area contributed by atoms with Crippen LogP contribution in [0.4, 0.5) is 0 Å². The first-order chi connectivity index (χ1) is 4.70. The summed E-state index contributed by atoms with van der Waals surface area (Å²) in [6.45, 7) is 4.20. The first kappa shape index (κ1) is 9.98. The molecule has 0 amide bonds. The lowest BCUT2D eigenvalue weighted by Gasteiger charge is -2.11. The fourth-order valence-corrected chi connectivity index (χ4v) is 1.20. The SMILES string of the molecule is CCCC(CC)CB(O)O. The normalized spacial score (nSPS) is 13.2. The third kappa shape index (κ3) is 4.83. The molecule has 0 bridgehead atoms. The minimum Gasteiger partial charge on any atom is -0.427 e. The molecule has 0 aromatic heterocycles. The van der Waals surface area contributed by atoms with Crippen LogP contribution in [0.1, 0.15) is 33.1 Å². The first-order valence-electron chi connectivity index (χ1n) is 4.06. The van der Waals surface area contributed by atoms with Gasteiger partial charge in [0.05, 0.1) is 0 Å². The van der Waals surface area contributed by atoms with Crippen molar-refractivity contribution in [3.63, 3.8) is 0 Å². The minimum atomic E-state index is -1.11. The summed E-state index contributed by atoms with van der Waals surface area (Å²) in [4.78, 5) is 0. The Morgan fingerprint density at radius 1 is 1.30 bits per heavy atom. The van der Waals surface area contributed by atoms with Crippen molar-refractivity contribution in [1.82, 2.24) is 0 Å². The van der Waals surface area contributed by atoms with Crippen LogP contribution in [0.2, 0.25) is 6.32 Å². The van der Waals surface area contributed by atoms with Crippen LogP contribution in [0.3, 0.4) is 0 Å². The molecular formula is C7H17BO2. The molecule has 0 rings (SSSR count). The van der Waals surface area contributed by atoms with Crippen molar-refractivity contribution in [3.8, 4) is 0 Å². The zero-order valence-corrected chi connectivity index (χ0v) is 6.88. The van der Waals surface area contributed by atoms with Gasteiger partial charge in [-0.3, -0.25) is 0 Å². The second kappa shape index (κ2) is 5.75. The summed E-state index contributed by atoms with van der Waals surface area (Å²) in [5.41, 5.74) is 0.